The number of hydrogen-bond acceptors (Lipinski definition) is 5. The number of ether oxygens (including phenoxy) is 2. The second-order valence-corrected chi connectivity index (χ2v) is 9.27. The average Bonchev–Trinajstić information content (AvgIpc) is 3.51. The molecule has 1 aliphatic carbocycles. The Hall–Kier alpha value is -2.28. The van der Waals surface area contributed by atoms with Gasteiger partial charge in [-0.2, -0.15) is 0 Å². The lowest BCUT2D eigenvalue weighted by Crippen LogP contribution is -2.58. The predicted molar refractivity (Wildman–Crippen MR) is 122 cm³/mol. The molecule has 1 saturated heterocycles. The molecule has 1 aromatic rings. The largest absolute Gasteiger partial charge is 0.454 e. The summed E-state index contributed by atoms with van der Waals surface area (Å²) in [4.78, 5) is 30.5. The number of piperazine rings is 1. The zero-order chi connectivity index (χ0) is 22.5. The Morgan fingerprint density at radius 3 is 2.41 bits per heavy atom. The van der Waals surface area contributed by atoms with Gasteiger partial charge in [0.25, 0.3) is 0 Å². The zero-order valence-electron chi connectivity index (χ0n) is 19.5. The molecule has 2 heterocycles. The van der Waals surface area contributed by atoms with Crippen LogP contribution in [0.15, 0.2) is 18.2 Å². The minimum absolute atomic E-state index is 0.106. The van der Waals surface area contributed by atoms with Gasteiger partial charge in [-0.05, 0) is 49.3 Å². The Morgan fingerprint density at radius 2 is 1.72 bits per heavy atom. The molecule has 7 heteroatoms. The molecule has 7 nitrogen and oxygen atoms in total. The van der Waals surface area contributed by atoms with Gasteiger partial charge in [-0.15, -0.1) is 0 Å². The number of fused-ring (bicyclic) bond motifs is 1. The van der Waals surface area contributed by atoms with Crippen LogP contribution >= 0.6 is 0 Å². The SMILES string of the molecule is CCC(CC)C(=O)N1CCN(C(C(=O)NCc2ccc3c(c2)OCO3)C2CCCC2)CC1. The van der Waals surface area contributed by atoms with Crippen molar-refractivity contribution < 1.29 is 19.1 Å². The van der Waals surface area contributed by atoms with E-state index in [9.17, 15) is 9.59 Å². The summed E-state index contributed by atoms with van der Waals surface area (Å²) in [7, 11) is 0. The fraction of sp³-hybridized carbons (Fsp3) is 0.680. The molecule has 32 heavy (non-hydrogen) atoms. The molecule has 3 aliphatic rings. The maximum Gasteiger partial charge on any atom is 0.237 e. The van der Waals surface area contributed by atoms with Crippen LogP contribution in [0.4, 0.5) is 0 Å². The third kappa shape index (κ3) is 5.03. The Labute approximate surface area is 191 Å². The Morgan fingerprint density at radius 1 is 1.03 bits per heavy atom. The third-order valence-electron chi connectivity index (χ3n) is 7.37. The van der Waals surface area contributed by atoms with Crippen LogP contribution in [0.1, 0.15) is 57.9 Å². The molecule has 176 valence electrons. The highest BCUT2D eigenvalue weighted by atomic mass is 16.7. The third-order valence-corrected chi connectivity index (χ3v) is 7.37. The molecule has 0 aromatic heterocycles. The summed E-state index contributed by atoms with van der Waals surface area (Å²) in [6.45, 7) is 7.87. The molecule has 2 fully saturated rings. The van der Waals surface area contributed by atoms with E-state index in [1.54, 1.807) is 0 Å². The zero-order valence-corrected chi connectivity index (χ0v) is 19.5. The summed E-state index contributed by atoms with van der Waals surface area (Å²) >= 11 is 0. The number of carbonyl (C=O) groups excluding carboxylic acids is 2. The molecular formula is C25H37N3O4. The molecule has 2 aliphatic heterocycles. The summed E-state index contributed by atoms with van der Waals surface area (Å²) < 4.78 is 10.8. The van der Waals surface area contributed by atoms with Gasteiger partial charge >= 0.3 is 0 Å². The van der Waals surface area contributed by atoms with E-state index in [0.29, 0.717) is 25.6 Å². The summed E-state index contributed by atoms with van der Waals surface area (Å²) in [5, 5.41) is 3.18. The predicted octanol–water partition coefficient (Wildman–Crippen LogP) is 3.17. The lowest BCUT2D eigenvalue weighted by Gasteiger charge is -2.41. The number of carbonyl (C=O) groups is 2. The highest BCUT2D eigenvalue weighted by Gasteiger charge is 2.37. The molecule has 1 aromatic carbocycles. The number of nitrogens with one attached hydrogen (secondary N) is 1. The van der Waals surface area contributed by atoms with E-state index in [0.717, 1.165) is 55.8 Å². The van der Waals surface area contributed by atoms with Gasteiger partial charge in [0.1, 0.15) is 0 Å². The van der Waals surface area contributed by atoms with E-state index in [1.807, 2.05) is 23.1 Å². The van der Waals surface area contributed by atoms with Gasteiger partial charge in [0.05, 0.1) is 6.04 Å². The second kappa shape index (κ2) is 10.6. The van der Waals surface area contributed by atoms with Crippen molar-refractivity contribution in [2.75, 3.05) is 33.0 Å². The van der Waals surface area contributed by atoms with E-state index in [2.05, 4.69) is 24.1 Å². The molecule has 0 radical (unpaired) electrons. The van der Waals surface area contributed by atoms with Crippen molar-refractivity contribution in [3.05, 3.63) is 23.8 Å². The highest BCUT2D eigenvalue weighted by molar-refractivity contribution is 5.82. The van der Waals surface area contributed by atoms with Gasteiger partial charge in [0, 0.05) is 38.6 Å². The van der Waals surface area contributed by atoms with Crippen LogP contribution in [0.25, 0.3) is 0 Å². The Bertz CT molecular complexity index is 796. The number of amides is 2. The maximum absolute atomic E-state index is 13.4. The van der Waals surface area contributed by atoms with Gasteiger partial charge in [0.2, 0.25) is 18.6 Å². The molecular weight excluding hydrogens is 406 g/mol. The molecule has 1 atom stereocenters. The summed E-state index contributed by atoms with van der Waals surface area (Å²) in [5.74, 6) is 2.39. The van der Waals surface area contributed by atoms with Crippen molar-refractivity contribution in [2.24, 2.45) is 11.8 Å². The lowest BCUT2D eigenvalue weighted by atomic mass is 9.94. The first kappa shape index (κ1) is 22.9. The standard InChI is InChI=1S/C25H37N3O4/c1-3-19(4-2)25(30)28-13-11-27(12-14-28)23(20-7-5-6-8-20)24(29)26-16-18-9-10-21-22(15-18)32-17-31-21/h9-10,15,19-20,23H,3-8,11-14,16-17H2,1-2H3,(H,26,29). The molecule has 1 unspecified atom stereocenters. The number of hydrogen-bond donors (Lipinski definition) is 1. The summed E-state index contributed by atoms with van der Waals surface area (Å²) in [6.07, 6.45) is 6.39. The van der Waals surface area contributed by atoms with Gasteiger partial charge in [-0.25, -0.2) is 0 Å². The van der Waals surface area contributed by atoms with E-state index < -0.39 is 0 Å². The van der Waals surface area contributed by atoms with Crippen molar-refractivity contribution >= 4 is 11.8 Å². The summed E-state index contributed by atoms with van der Waals surface area (Å²) in [5.41, 5.74) is 1.01. The van der Waals surface area contributed by atoms with Crippen molar-refractivity contribution in [3.8, 4) is 11.5 Å². The van der Waals surface area contributed by atoms with Gasteiger partial charge < -0.3 is 19.7 Å². The van der Waals surface area contributed by atoms with Gasteiger partial charge in [-0.1, -0.05) is 32.8 Å². The molecule has 0 spiro atoms. The average molecular weight is 444 g/mol. The minimum atomic E-state index is -0.114. The van der Waals surface area contributed by atoms with E-state index >= 15 is 0 Å². The second-order valence-electron chi connectivity index (χ2n) is 9.27. The first-order valence-electron chi connectivity index (χ1n) is 12.3. The fourth-order valence-electron chi connectivity index (χ4n) is 5.41. The molecule has 4 rings (SSSR count). The van der Waals surface area contributed by atoms with E-state index in [4.69, 9.17) is 9.47 Å². The maximum atomic E-state index is 13.4. The number of benzene rings is 1. The van der Waals surface area contributed by atoms with Crippen LogP contribution in [0.3, 0.4) is 0 Å². The van der Waals surface area contributed by atoms with Crippen LogP contribution in [-0.2, 0) is 16.1 Å². The lowest BCUT2D eigenvalue weighted by molar-refractivity contribution is -0.139. The van der Waals surface area contributed by atoms with E-state index in [-0.39, 0.29) is 30.6 Å². The fourth-order valence-corrected chi connectivity index (χ4v) is 5.41. The minimum Gasteiger partial charge on any atom is -0.454 e. The van der Waals surface area contributed by atoms with Crippen LogP contribution in [0.5, 0.6) is 11.5 Å². The van der Waals surface area contributed by atoms with E-state index in [1.165, 1.54) is 12.8 Å². The van der Waals surface area contributed by atoms with Gasteiger partial charge in [-0.3, -0.25) is 14.5 Å². The van der Waals surface area contributed by atoms with Crippen LogP contribution < -0.4 is 14.8 Å². The molecule has 0 bridgehead atoms. The molecule has 1 saturated carbocycles. The normalized spacial score (nSPS) is 20.0. The number of nitrogens with zero attached hydrogens (tertiary/aromatic N) is 2. The topological polar surface area (TPSA) is 71.1 Å². The van der Waals surface area contributed by atoms with Crippen LogP contribution in [-0.4, -0.2) is 60.6 Å². The monoisotopic (exact) mass is 443 g/mol. The van der Waals surface area contributed by atoms with Crippen molar-refractivity contribution in [1.82, 2.24) is 15.1 Å². The smallest absolute Gasteiger partial charge is 0.237 e. The Kier molecular flexibility index (Phi) is 7.55. The summed E-state index contributed by atoms with van der Waals surface area (Å²) in [6, 6.07) is 5.70. The van der Waals surface area contributed by atoms with Gasteiger partial charge in [0.15, 0.2) is 11.5 Å². The number of rotatable bonds is 8. The first-order valence-corrected chi connectivity index (χ1v) is 12.3. The molecule has 1 N–H and O–H groups in total. The first-order chi connectivity index (χ1) is 15.6. The van der Waals surface area contributed by atoms with Crippen LogP contribution in [0, 0.1) is 11.8 Å². The van der Waals surface area contributed by atoms with Crippen molar-refractivity contribution in [3.63, 3.8) is 0 Å². The van der Waals surface area contributed by atoms with Crippen molar-refractivity contribution in [2.45, 2.75) is 65.0 Å². The van der Waals surface area contributed by atoms with Crippen molar-refractivity contribution in [1.29, 1.82) is 0 Å². The quantitative estimate of drug-likeness (QED) is 0.668. The Balaban J connectivity index is 1.37. The highest BCUT2D eigenvalue weighted by Crippen LogP contribution is 2.33. The molecule has 2 amide bonds. The van der Waals surface area contributed by atoms with Crippen LogP contribution in [0.2, 0.25) is 0 Å².